The second-order valence-corrected chi connectivity index (χ2v) is 3.09. The summed E-state index contributed by atoms with van der Waals surface area (Å²) in [6.45, 7) is 4.37. The quantitative estimate of drug-likeness (QED) is 0.349. The molecule has 0 heterocycles. The lowest BCUT2D eigenvalue weighted by molar-refractivity contribution is 0.828. The minimum Gasteiger partial charge on any atom is -0.142 e. The van der Waals surface area contributed by atoms with E-state index in [1.54, 1.807) is 0 Å². The Morgan fingerprint density at radius 2 is 1.31 bits per heavy atom. The van der Waals surface area contributed by atoms with E-state index in [0.29, 0.717) is 0 Å². The Labute approximate surface area is 83.7 Å². The van der Waals surface area contributed by atoms with Gasteiger partial charge in [0.05, 0.1) is 0 Å². The van der Waals surface area contributed by atoms with Crippen molar-refractivity contribution in [1.82, 2.24) is 0 Å². The Bertz CT molecular complexity index is 185. The molecule has 0 aliphatic rings. The summed E-state index contributed by atoms with van der Waals surface area (Å²) in [5, 5.41) is 0. The van der Waals surface area contributed by atoms with Gasteiger partial charge in [-0.1, -0.05) is 26.7 Å². The van der Waals surface area contributed by atoms with Crippen LogP contribution in [0.25, 0.3) is 0 Å². The molecule has 0 aromatic heterocycles. The van der Waals surface area contributed by atoms with Crippen LogP contribution < -0.4 is 0 Å². The van der Waals surface area contributed by atoms with Gasteiger partial charge in [0.2, 0.25) is 0 Å². The van der Waals surface area contributed by atoms with E-state index in [2.05, 4.69) is 37.3 Å². The molecule has 1 heteroatoms. The van der Waals surface area contributed by atoms with Crippen LogP contribution in [0.4, 0.5) is 0 Å². The summed E-state index contributed by atoms with van der Waals surface area (Å²) in [6.07, 6.45) is 6.97. The molecule has 0 spiro atoms. The normalized spacial score (nSPS) is 7.85. The summed E-state index contributed by atoms with van der Waals surface area (Å²) in [5.41, 5.74) is 0. The SMILES string of the molecule is CCCCC#CBC#CCCCC. The molecule has 0 aliphatic heterocycles. The van der Waals surface area contributed by atoms with E-state index < -0.39 is 0 Å². The molecule has 0 saturated heterocycles. The van der Waals surface area contributed by atoms with Crippen LogP contribution in [0, 0.1) is 23.5 Å². The van der Waals surface area contributed by atoms with Crippen LogP contribution in [-0.2, 0) is 0 Å². The highest BCUT2D eigenvalue weighted by atomic mass is 13.8. The Morgan fingerprint density at radius 1 is 0.846 bits per heavy atom. The third-order valence-corrected chi connectivity index (χ3v) is 1.74. The van der Waals surface area contributed by atoms with Gasteiger partial charge >= 0.3 is 0 Å². The molecule has 70 valence electrons. The van der Waals surface area contributed by atoms with Gasteiger partial charge < -0.3 is 0 Å². The Balaban J connectivity index is 3.28. The molecule has 0 rings (SSSR count). The fourth-order valence-corrected chi connectivity index (χ4v) is 0.876. The van der Waals surface area contributed by atoms with E-state index in [4.69, 9.17) is 0 Å². The van der Waals surface area contributed by atoms with Crippen LogP contribution in [0.2, 0.25) is 0 Å². The third-order valence-electron chi connectivity index (χ3n) is 1.74. The lowest BCUT2D eigenvalue weighted by Crippen LogP contribution is -1.79. The van der Waals surface area contributed by atoms with Crippen LogP contribution >= 0.6 is 0 Å². The van der Waals surface area contributed by atoms with Gasteiger partial charge in [0, 0.05) is 12.8 Å². The highest BCUT2D eigenvalue weighted by Gasteiger charge is 1.78. The lowest BCUT2D eigenvalue weighted by Gasteiger charge is -1.83. The molecule has 0 saturated carbocycles. The first-order valence-corrected chi connectivity index (χ1v) is 5.33. The van der Waals surface area contributed by atoms with Gasteiger partial charge in [-0.05, 0) is 12.8 Å². The molecule has 0 aliphatic carbocycles. The van der Waals surface area contributed by atoms with Crippen molar-refractivity contribution in [3.63, 3.8) is 0 Å². The van der Waals surface area contributed by atoms with E-state index in [1.807, 2.05) is 0 Å². The molecule has 0 amide bonds. The van der Waals surface area contributed by atoms with Crippen LogP contribution in [0.3, 0.4) is 0 Å². The summed E-state index contributed by atoms with van der Waals surface area (Å²) < 4.78 is 0. The predicted molar refractivity (Wildman–Crippen MR) is 61.8 cm³/mol. The summed E-state index contributed by atoms with van der Waals surface area (Å²) >= 11 is 0. The molecule has 0 fully saturated rings. The maximum absolute atomic E-state index is 3.12. The molecule has 0 aromatic carbocycles. The maximum atomic E-state index is 3.12. The summed E-state index contributed by atoms with van der Waals surface area (Å²) in [6, 6.07) is 0. The Kier molecular flexibility index (Phi) is 10.5. The van der Waals surface area contributed by atoms with E-state index in [0.717, 1.165) is 20.1 Å². The first-order valence-electron chi connectivity index (χ1n) is 5.33. The third kappa shape index (κ3) is 11.2. The topological polar surface area (TPSA) is 0 Å². The predicted octanol–water partition coefficient (Wildman–Crippen LogP) is 2.73. The fourth-order valence-electron chi connectivity index (χ4n) is 0.876. The molecule has 0 radical (unpaired) electrons. The van der Waals surface area contributed by atoms with E-state index in [1.165, 1.54) is 25.7 Å². The first kappa shape index (κ1) is 12.2. The van der Waals surface area contributed by atoms with Crippen molar-refractivity contribution in [2.24, 2.45) is 0 Å². The van der Waals surface area contributed by atoms with Crippen molar-refractivity contribution in [3.05, 3.63) is 0 Å². The number of hydrogen-bond acceptors (Lipinski definition) is 0. The van der Waals surface area contributed by atoms with Crippen molar-refractivity contribution in [2.75, 3.05) is 0 Å². The zero-order chi connectivity index (χ0) is 9.78. The standard InChI is InChI=1S/C12H19B/c1-3-5-7-9-11-13-12-10-8-6-4-2/h13H,3-8H2,1-2H3. The number of hydrogen-bond donors (Lipinski definition) is 0. The summed E-state index contributed by atoms with van der Waals surface area (Å²) in [4.78, 5) is 0. The smallest absolute Gasteiger partial charge is 0.142 e. The average Bonchev–Trinajstić information content (AvgIpc) is 2.16. The van der Waals surface area contributed by atoms with Crippen molar-refractivity contribution < 1.29 is 0 Å². The molecule has 13 heavy (non-hydrogen) atoms. The van der Waals surface area contributed by atoms with Gasteiger partial charge in [0.15, 0.2) is 0 Å². The molecular weight excluding hydrogens is 155 g/mol. The fraction of sp³-hybridized carbons (Fsp3) is 0.667. The van der Waals surface area contributed by atoms with Gasteiger partial charge in [0.25, 0.3) is 7.28 Å². The highest BCUT2D eigenvalue weighted by Crippen LogP contribution is 1.90. The minimum atomic E-state index is 0.757. The second kappa shape index (κ2) is 11.2. The molecule has 0 nitrogen and oxygen atoms in total. The van der Waals surface area contributed by atoms with Gasteiger partial charge in [-0.15, -0.1) is 23.5 Å². The van der Waals surface area contributed by atoms with Crippen molar-refractivity contribution in [3.8, 4) is 23.5 Å². The monoisotopic (exact) mass is 174 g/mol. The summed E-state index contributed by atoms with van der Waals surface area (Å²) in [7, 11) is 0.757. The number of rotatable bonds is 4. The Morgan fingerprint density at radius 3 is 1.69 bits per heavy atom. The molecule has 0 bridgehead atoms. The van der Waals surface area contributed by atoms with Gasteiger partial charge in [-0.2, -0.15) is 0 Å². The van der Waals surface area contributed by atoms with E-state index in [-0.39, 0.29) is 0 Å². The maximum Gasteiger partial charge on any atom is 0.298 e. The zero-order valence-electron chi connectivity index (χ0n) is 8.95. The largest absolute Gasteiger partial charge is 0.298 e. The molecule has 0 aromatic rings. The Hall–Kier alpha value is -0.815. The minimum absolute atomic E-state index is 0.757. The molecule has 0 unspecified atom stereocenters. The molecular formula is C12H19B. The molecule has 0 atom stereocenters. The number of unbranched alkanes of at least 4 members (excludes halogenated alkanes) is 4. The van der Waals surface area contributed by atoms with Gasteiger partial charge in [-0.25, -0.2) is 0 Å². The van der Waals surface area contributed by atoms with Crippen LogP contribution in [0.1, 0.15) is 52.4 Å². The van der Waals surface area contributed by atoms with Crippen molar-refractivity contribution in [1.29, 1.82) is 0 Å². The zero-order valence-corrected chi connectivity index (χ0v) is 8.95. The van der Waals surface area contributed by atoms with Gasteiger partial charge in [0.1, 0.15) is 0 Å². The van der Waals surface area contributed by atoms with E-state index in [9.17, 15) is 0 Å². The van der Waals surface area contributed by atoms with E-state index >= 15 is 0 Å². The average molecular weight is 174 g/mol. The molecule has 0 N–H and O–H groups in total. The van der Waals surface area contributed by atoms with Gasteiger partial charge in [-0.3, -0.25) is 0 Å². The van der Waals surface area contributed by atoms with Crippen LogP contribution in [0.5, 0.6) is 0 Å². The van der Waals surface area contributed by atoms with Crippen LogP contribution in [-0.4, -0.2) is 7.28 Å². The van der Waals surface area contributed by atoms with Crippen molar-refractivity contribution >= 4 is 7.28 Å². The second-order valence-electron chi connectivity index (χ2n) is 3.09. The lowest BCUT2D eigenvalue weighted by atomic mass is 9.81. The highest BCUT2D eigenvalue weighted by molar-refractivity contribution is 6.55. The van der Waals surface area contributed by atoms with Crippen LogP contribution in [0.15, 0.2) is 0 Å². The van der Waals surface area contributed by atoms with Crippen molar-refractivity contribution in [2.45, 2.75) is 52.4 Å². The first-order chi connectivity index (χ1) is 6.41. The summed E-state index contributed by atoms with van der Waals surface area (Å²) in [5.74, 6) is 12.4.